The van der Waals surface area contributed by atoms with Crippen molar-refractivity contribution in [3.05, 3.63) is 90.4 Å². The van der Waals surface area contributed by atoms with Gasteiger partial charge in [-0.3, -0.25) is 4.98 Å². The van der Waals surface area contributed by atoms with E-state index in [1.165, 1.54) is 33.3 Å². The average Bonchev–Trinajstić information content (AvgIpc) is 2.96. The fraction of sp³-hybridized carbons (Fsp3) is 0.0500. The standard InChI is InChI=1S/C20H16N2/c1-2-6-15(7-3-1)14-19-17-8-4-5-9-18(17)20(22-19)16-10-12-21-13-11-16/h1-13,22H,14H2. The molecule has 0 bridgehead atoms. The van der Waals surface area contributed by atoms with Crippen LogP contribution >= 0.6 is 0 Å². The molecule has 0 aliphatic rings. The highest BCUT2D eigenvalue weighted by Gasteiger charge is 2.11. The molecular weight excluding hydrogens is 268 g/mol. The molecule has 0 aliphatic carbocycles. The maximum atomic E-state index is 4.11. The smallest absolute Gasteiger partial charge is 0.0537 e. The largest absolute Gasteiger partial charge is 0.357 e. The molecule has 0 saturated carbocycles. The van der Waals surface area contributed by atoms with E-state index in [0.717, 1.165) is 6.42 Å². The van der Waals surface area contributed by atoms with Gasteiger partial charge in [-0.2, -0.15) is 0 Å². The Hall–Kier alpha value is -2.87. The van der Waals surface area contributed by atoms with Crippen molar-refractivity contribution >= 4 is 10.8 Å². The quantitative estimate of drug-likeness (QED) is 0.574. The van der Waals surface area contributed by atoms with Crippen LogP contribution in [0.25, 0.3) is 22.0 Å². The maximum absolute atomic E-state index is 4.11. The summed E-state index contributed by atoms with van der Waals surface area (Å²) >= 11 is 0. The Morgan fingerprint density at radius 3 is 2.18 bits per heavy atom. The molecule has 0 saturated heterocycles. The van der Waals surface area contributed by atoms with E-state index in [1.807, 2.05) is 24.5 Å². The van der Waals surface area contributed by atoms with Crippen LogP contribution in [0.1, 0.15) is 11.3 Å². The highest BCUT2D eigenvalue weighted by Crippen LogP contribution is 2.31. The summed E-state index contributed by atoms with van der Waals surface area (Å²) in [5.74, 6) is 0. The van der Waals surface area contributed by atoms with Gasteiger partial charge in [0, 0.05) is 40.8 Å². The Balaban J connectivity index is 1.86. The van der Waals surface area contributed by atoms with Gasteiger partial charge in [0.2, 0.25) is 0 Å². The Morgan fingerprint density at radius 2 is 1.41 bits per heavy atom. The van der Waals surface area contributed by atoms with Gasteiger partial charge in [-0.1, -0.05) is 54.6 Å². The van der Waals surface area contributed by atoms with Gasteiger partial charge in [0.1, 0.15) is 0 Å². The highest BCUT2D eigenvalue weighted by molar-refractivity contribution is 5.97. The number of nitrogens with one attached hydrogen (secondary N) is 1. The van der Waals surface area contributed by atoms with Gasteiger partial charge in [0.05, 0.1) is 5.69 Å². The van der Waals surface area contributed by atoms with Crippen molar-refractivity contribution in [1.82, 2.24) is 9.97 Å². The van der Waals surface area contributed by atoms with Crippen LogP contribution in [0, 0.1) is 0 Å². The molecule has 0 spiro atoms. The van der Waals surface area contributed by atoms with E-state index in [4.69, 9.17) is 0 Å². The van der Waals surface area contributed by atoms with Gasteiger partial charge in [0.15, 0.2) is 0 Å². The third-order valence-electron chi connectivity index (χ3n) is 3.99. The molecule has 2 heteroatoms. The van der Waals surface area contributed by atoms with E-state index in [2.05, 4.69) is 64.6 Å². The molecule has 0 radical (unpaired) electrons. The number of rotatable bonds is 3. The topological polar surface area (TPSA) is 28.7 Å². The van der Waals surface area contributed by atoms with Crippen LogP contribution in [-0.2, 0) is 6.42 Å². The first-order chi connectivity index (χ1) is 10.9. The molecule has 2 heterocycles. The van der Waals surface area contributed by atoms with Crippen molar-refractivity contribution in [2.75, 3.05) is 0 Å². The molecule has 0 aliphatic heterocycles. The molecule has 2 aromatic heterocycles. The Kier molecular flexibility index (Phi) is 3.20. The molecule has 0 unspecified atom stereocenters. The van der Waals surface area contributed by atoms with Gasteiger partial charge in [-0.25, -0.2) is 0 Å². The minimum Gasteiger partial charge on any atom is -0.357 e. The first-order valence-corrected chi connectivity index (χ1v) is 7.46. The van der Waals surface area contributed by atoms with Crippen LogP contribution in [0.15, 0.2) is 79.1 Å². The summed E-state index contributed by atoms with van der Waals surface area (Å²) in [6, 6.07) is 23.2. The minimum atomic E-state index is 0.909. The Morgan fingerprint density at radius 1 is 0.727 bits per heavy atom. The summed E-state index contributed by atoms with van der Waals surface area (Å²) in [5, 5.41) is 2.55. The van der Waals surface area contributed by atoms with E-state index < -0.39 is 0 Å². The Labute approximate surface area is 129 Å². The van der Waals surface area contributed by atoms with Crippen LogP contribution in [0.2, 0.25) is 0 Å². The lowest BCUT2D eigenvalue weighted by Crippen LogP contribution is -1.88. The van der Waals surface area contributed by atoms with Gasteiger partial charge in [-0.05, 0) is 17.7 Å². The van der Waals surface area contributed by atoms with Crippen molar-refractivity contribution < 1.29 is 0 Å². The third-order valence-corrected chi connectivity index (χ3v) is 3.99. The van der Waals surface area contributed by atoms with Crippen molar-refractivity contribution in [2.45, 2.75) is 6.42 Å². The number of benzene rings is 2. The SMILES string of the molecule is c1ccc(Cc2[nH]c(-c3ccncc3)c3ccccc23)cc1. The van der Waals surface area contributed by atoms with Crippen LogP contribution < -0.4 is 0 Å². The average molecular weight is 284 g/mol. The molecule has 4 rings (SSSR count). The second-order valence-corrected chi connectivity index (χ2v) is 5.42. The minimum absolute atomic E-state index is 0.909. The molecule has 2 aromatic carbocycles. The predicted molar refractivity (Wildman–Crippen MR) is 90.8 cm³/mol. The summed E-state index contributed by atoms with van der Waals surface area (Å²) in [6.45, 7) is 0. The lowest BCUT2D eigenvalue weighted by atomic mass is 10.0. The Bertz CT molecular complexity index is 893. The number of hydrogen-bond donors (Lipinski definition) is 1. The summed E-state index contributed by atoms with van der Waals surface area (Å²) in [6.07, 6.45) is 4.58. The summed E-state index contributed by atoms with van der Waals surface area (Å²) < 4.78 is 0. The molecule has 22 heavy (non-hydrogen) atoms. The number of nitrogens with zero attached hydrogens (tertiary/aromatic N) is 1. The molecule has 106 valence electrons. The zero-order valence-corrected chi connectivity index (χ0v) is 12.2. The summed E-state index contributed by atoms with van der Waals surface area (Å²) in [4.78, 5) is 7.74. The van der Waals surface area contributed by atoms with E-state index in [9.17, 15) is 0 Å². The second-order valence-electron chi connectivity index (χ2n) is 5.42. The van der Waals surface area contributed by atoms with Crippen LogP contribution in [0.4, 0.5) is 0 Å². The van der Waals surface area contributed by atoms with Gasteiger partial charge in [-0.15, -0.1) is 0 Å². The number of H-pyrrole nitrogens is 1. The molecule has 0 atom stereocenters. The van der Waals surface area contributed by atoms with Crippen LogP contribution in [-0.4, -0.2) is 9.97 Å². The summed E-state index contributed by atoms with van der Waals surface area (Å²) in [7, 11) is 0. The zero-order chi connectivity index (χ0) is 14.8. The van der Waals surface area contributed by atoms with E-state index in [1.54, 1.807) is 0 Å². The maximum Gasteiger partial charge on any atom is 0.0537 e. The van der Waals surface area contributed by atoms with Crippen molar-refractivity contribution in [3.63, 3.8) is 0 Å². The number of fused-ring (bicyclic) bond motifs is 1. The zero-order valence-electron chi connectivity index (χ0n) is 12.2. The normalized spacial score (nSPS) is 10.9. The fourth-order valence-corrected chi connectivity index (χ4v) is 2.94. The van der Waals surface area contributed by atoms with E-state index in [-0.39, 0.29) is 0 Å². The van der Waals surface area contributed by atoms with Gasteiger partial charge < -0.3 is 4.98 Å². The van der Waals surface area contributed by atoms with Crippen LogP contribution in [0.3, 0.4) is 0 Å². The lowest BCUT2D eigenvalue weighted by molar-refractivity contribution is 1.12. The third kappa shape index (κ3) is 2.29. The van der Waals surface area contributed by atoms with Crippen molar-refractivity contribution in [1.29, 1.82) is 0 Å². The predicted octanol–water partition coefficient (Wildman–Crippen LogP) is 4.82. The van der Waals surface area contributed by atoms with Gasteiger partial charge >= 0.3 is 0 Å². The lowest BCUT2D eigenvalue weighted by Gasteiger charge is -2.00. The van der Waals surface area contributed by atoms with Gasteiger partial charge in [0.25, 0.3) is 0 Å². The molecule has 2 nitrogen and oxygen atoms in total. The molecule has 0 amide bonds. The highest BCUT2D eigenvalue weighted by atomic mass is 14.7. The monoisotopic (exact) mass is 284 g/mol. The molecular formula is C20H16N2. The van der Waals surface area contributed by atoms with Crippen LogP contribution in [0.5, 0.6) is 0 Å². The first kappa shape index (κ1) is 12.8. The number of hydrogen-bond acceptors (Lipinski definition) is 1. The van der Waals surface area contributed by atoms with Crippen molar-refractivity contribution in [3.8, 4) is 11.3 Å². The number of pyridine rings is 1. The molecule has 1 N–H and O–H groups in total. The first-order valence-electron chi connectivity index (χ1n) is 7.46. The molecule has 0 fully saturated rings. The van der Waals surface area contributed by atoms with E-state index in [0.29, 0.717) is 0 Å². The molecule has 4 aromatic rings. The number of aromatic amines is 1. The second kappa shape index (κ2) is 5.49. The van der Waals surface area contributed by atoms with Crippen molar-refractivity contribution in [2.24, 2.45) is 0 Å². The summed E-state index contributed by atoms with van der Waals surface area (Å²) in [5.41, 5.74) is 4.92. The fourth-order valence-electron chi connectivity index (χ4n) is 2.94. The van der Waals surface area contributed by atoms with E-state index >= 15 is 0 Å². The number of aromatic nitrogens is 2.